The number of nitrogens with zero attached hydrogens (tertiary/aromatic N) is 1. The van der Waals surface area contributed by atoms with Gasteiger partial charge in [0.2, 0.25) is 5.91 Å². The highest BCUT2D eigenvalue weighted by atomic mass is 19.3. The van der Waals surface area contributed by atoms with E-state index in [2.05, 4.69) is 40.5 Å². The molecule has 0 spiro atoms. The number of hydrogen-bond acceptors (Lipinski definition) is 3. The van der Waals surface area contributed by atoms with Crippen LogP contribution >= 0.6 is 0 Å². The van der Waals surface area contributed by atoms with Crippen LogP contribution in [-0.2, 0) is 30.8 Å². The molecule has 5 rings (SSSR count). The fraction of sp³-hybridized carbons (Fsp3) is 0.500. The molecule has 1 unspecified atom stereocenters. The predicted octanol–water partition coefficient (Wildman–Crippen LogP) is 4.61. The van der Waals surface area contributed by atoms with Gasteiger partial charge in [-0.2, -0.15) is 0 Å². The summed E-state index contributed by atoms with van der Waals surface area (Å²) in [6, 6.07) is 12.5. The minimum atomic E-state index is -2.54. The molecule has 1 aliphatic heterocycles. The number of rotatable bonds is 8. The molecule has 6 heteroatoms. The monoisotopic (exact) mass is 440 g/mol. The Morgan fingerprint density at radius 3 is 2.56 bits per heavy atom. The Morgan fingerprint density at radius 1 is 1.16 bits per heavy atom. The Hall–Kier alpha value is -2.47. The van der Waals surface area contributed by atoms with Crippen LogP contribution in [0.5, 0.6) is 5.75 Å². The molecule has 0 saturated heterocycles. The molecule has 3 aliphatic rings. The molecule has 0 aromatic heterocycles. The molecule has 0 bridgehead atoms. The molecule has 1 atom stereocenters. The largest absolute Gasteiger partial charge is 0.493 e. The zero-order valence-electron chi connectivity index (χ0n) is 18.5. The second-order valence-corrected chi connectivity index (χ2v) is 9.57. The number of ether oxygens (including phenoxy) is 1. The summed E-state index contributed by atoms with van der Waals surface area (Å²) in [5, 5.41) is 3.01. The van der Waals surface area contributed by atoms with Crippen molar-refractivity contribution in [2.75, 3.05) is 13.2 Å². The van der Waals surface area contributed by atoms with Crippen molar-refractivity contribution >= 4 is 5.91 Å². The van der Waals surface area contributed by atoms with Crippen molar-refractivity contribution in [1.82, 2.24) is 10.2 Å². The minimum absolute atomic E-state index is 0.0535. The van der Waals surface area contributed by atoms with E-state index in [1.807, 2.05) is 13.0 Å². The highest BCUT2D eigenvalue weighted by Crippen LogP contribution is 2.48. The van der Waals surface area contributed by atoms with E-state index in [-0.39, 0.29) is 24.9 Å². The van der Waals surface area contributed by atoms with Crippen LogP contribution in [0.3, 0.4) is 0 Å². The normalized spacial score (nSPS) is 21.7. The highest BCUT2D eigenvalue weighted by Gasteiger charge is 2.57. The summed E-state index contributed by atoms with van der Waals surface area (Å²) in [4.78, 5) is 14.2. The summed E-state index contributed by atoms with van der Waals surface area (Å²) >= 11 is 0. The SMILES string of the molecule is Cc1c(OCC2CC2(F)F)ccc2c1CCN(Cc1ccc(CNC(=O)C3CC3)cc1)C2. The van der Waals surface area contributed by atoms with E-state index in [4.69, 9.17) is 4.74 Å². The van der Waals surface area contributed by atoms with Crippen LogP contribution in [0.15, 0.2) is 36.4 Å². The van der Waals surface area contributed by atoms with Gasteiger partial charge in [0.15, 0.2) is 0 Å². The number of benzene rings is 2. The number of amides is 1. The third-order valence-corrected chi connectivity index (χ3v) is 6.96. The van der Waals surface area contributed by atoms with Gasteiger partial charge < -0.3 is 10.1 Å². The molecule has 1 amide bonds. The van der Waals surface area contributed by atoms with Gasteiger partial charge in [0.05, 0.1) is 12.5 Å². The van der Waals surface area contributed by atoms with Gasteiger partial charge in [-0.3, -0.25) is 9.69 Å². The number of fused-ring (bicyclic) bond motifs is 1. The topological polar surface area (TPSA) is 41.6 Å². The van der Waals surface area contributed by atoms with Crippen LogP contribution in [0.1, 0.15) is 47.1 Å². The zero-order chi connectivity index (χ0) is 22.3. The van der Waals surface area contributed by atoms with E-state index in [9.17, 15) is 13.6 Å². The molecule has 0 radical (unpaired) electrons. The molecule has 2 fully saturated rings. The average molecular weight is 441 g/mol. The summed E-state index contributed by atoms with van der Waals surface area (Å²) in [6.45, 7) is 5.43. The molecule has 170 valence electrons. The molecular weight excluding hydrogens is 410 g/mol. The maximum Gasteiger partial charge on any atom is 0.255 e. The smallest absolute Gasteiger partial charge is 0.255 e. The van der Waals surface area contributed by atoms with Crippen LogP contribution in [-0.4, -0.2) is 29.9 Å². The number of halogens is 2. The van der Waals surface area contributed by atoms with E-state index in [1.165, 1.54) is 16.7 Å². The molecule has 2 saturated carbocycles. The van der Waals surface area contributed by atoms with Crippen molar-refractivity contribution in [2.45, 2.75) is 58.2 Å². The molecule has 1 heterocycles. The van der Waals surface area contributed by atoms with Crippen LogP contribution < -0.4 is 10.1 Å². The van der Waals surface area contributed by atoms with E-state index < -0.39 is 11.8 Å². The summed E-state index contributed by atoms with van der Waals surface area (Å²) in [7, 11) is 0. The lowest BCUT2D eigenvalue weighted by Gasteiger charge is -2.30. The Kier molecular flexibility index (Phi) is 5.66. The number of nitrogens with one attached hydrogen (secondary N) is 1. The van der Waals surface area contributed by atoms with Crippen molar-refractivity contribution in [3.63, 3.8) is 0 Å². The molecule has 4 nitrogen and oxygen atoms in total. The number of carbonyl (C=O) groups excluding carboxylic acids is 1. The first kappa shape index (κ1) is 21.4. The Labute approximate surface area is 187 Å². The Balaban J connectivity index is 1.15. The van der Waals surface area contributed by atoms with Crippen molar-refractivity contribution in [3.05, 3.63) is 64.2 Å². The van der Waals surface area contributed by atoms with E-state index in [1.54, 1.807) is 0 Å². The zero-order valence-corrected chi connectivity index (χ0v) is 18.5. The second kappa shape index (κ2) is 8.47. The van der Waals surface area contributed by atoms with E-state index in [0.717, 1.165) is 55.8 Å². The first-order chi connectivity index (χ1) is 15.4. The maximum atomic E-state index is 13.1. The quantitative estimate of drug-likeness (QED) is 0.652. The minimum Gasteiger partial charge on any atom is -0.493 e. The standard InChI is InChI=1S/C26H30F2N2O2/c1-17-23-10-11-30(15-21(23)8-9-24(17)32-16-22-12-26(22,27)28)14-19-4-2-18(3-5-19)13-29-25(31)20-6-7-20/h2-5,8-9,20,22H,6-7,10-16H2,1H3,(H,29,31). The van der Waals surface area contributed by atoms with Crippen LogP contribution in [0.4, 0.5) is 8.78 Å². The van der Waals surface area contributed by atoms with Crippen molar-refractivity contribution in [1.29, 1.82) is 0 Å². The van der Waals surface area contributed by atoms with Gasteiger partial charge in [-0.15, -0.1) is 0 Å². The first-order valence-electron chi connectivity index (χ1n) is 11.6. The molecule has 2 aromatic carbocycles. The van der Waals surface area contributed by atoms with Crippen molar-refractivity contribution in [2.24, 2.45) is 11.8 Å². The Bertz CT molecular complexity index is 1000. The molecule has 32 heavy (non-hydrogen) atoms. The summed E-state index contributed by atoms with van der Waals surface area (Å²) in [5.74, 6) is -2.01. The van der Waals surface area contributed by atoms with Gasteiger partial charge in [-0.1, -0.05) is 30.3 Å². The highest BCUT2D eigenvalue weighted by molar-refractivity contribution is 5.80. The number of alkyl halides is 2. The maximum absolute atomic E-state index is 13.1. The number of carbonyl (C=O) groups is 1. The molecule has 2 aromatic rings. The lowest BCUT2D eigenvalue weighted by molar-refractivity contribution is -0.122. The van der Waals surface area contributed by atoms with Gasteiger partial charge in [0, 0.05) is 38.5 Å². The van der Waals surface area contributed by atoms with Crippen molar-refractivity contribution < 1.29 is 18.3 Å². The lowest BCUT2D eigenvalue weighted by atomic mass is 9.94. The third-order valence-electron chi connectivity index (χ3n) is 6.96. The van der Waals surface area contributed by atoms with Crippen LogP contribution in [0, 0.1) is 18.8 Å². The average Bonchev–Trinajstić information content (AvgIpc) is 3.70. The number of hydrogen-bond donors (Lipinski definition) is 1. The van der Waals surface area contributed by atoms with Crippen LogP contribution in [0.2, 0.25) is 0 Å². The predicted molar refractivity (Wildman–Crippen MR) is 119 cm³/mol. The summed E-state index contributed by atoms with van der Waals surface area (Å²) in [5.41, 5.74) is 6.05. The molecular formula is C26H30F2N2O2. The molecule has 2 aliphatic carbocycles. The fourth-order valence-corrected chi connectivity index (χ4v) is 4.51. The fourth-order valence-electron chi connectivity index (χ4n) is 4.51. The van der Waals surface area contributed by atoms with E-state index >= 15 is 0 Å². The van der Waals surface area contributed by atoms with Gasteiger partial charge in [0.25, 0.3) is 5.92 Å². The lowest BCUT2D eigenvalue weighted by Crippen LogP contribution is -2.30. The van der Waals surface area contributed by atoms with Gasteiger partial charge in [-0.05, 0) is 60.1 Å². The third kappa shape index (κ3) is 4.80. The van der Waals surface area contributed by atoms with E-state index in [0.29, 0.717) is 6.54 Å². The Morgan fingerprint density at radius 2 is 1.88 bits per heavy atom. The van der Waals surface area contributed by atoms with Crippen molar-refractivity contribution in [3.8, 4) is 5.75 Å². The first-order valence-corrected chi connectivity index (χ1v) is 11.6. The summed E-state index contributed by atoms with van der Waals surface area (Å²) in [6.07, 6.45) is 2.93. The second-order valence-electron chi connectivity index (χ2n) is 9.57. The molecule has 1 N–H and O–H groups in total. The van der Waals surface area contributed by atoms with Gasteiger partial charge >= 0.3 is 0 Å². The van der Waals surface area contributed by atoms with Gasteiger partial charge in [0.1, 0.15) is 5.75 Å². The summed E-state index contributed by atoms with van der Waals surface area (Å²) < 4.78 is 32.0. The van der Waals surface area contributed by atoms with Gasteiger partial charge in [-0.25, -0.2) is 8.78 Å². The van der Waals surface area contributed by atoms with Crippen LogP contribution in [0.25, 0.3) is 0 Å².